The molecule has 0 aliphatic rings. The molecule has 1 unspecified atom stereocenters. The van der Waals surface area contributed by atoms with Crippen LogP contribution in [0.1, 0.15) is 0 Å². The first-order chi connectivity index (χ1) is 5.06. The van der Waals surface area contributed by atoms with Crippen LogP contribution in [0, 0.1) is 0 Å². The van der Waals surface area contributed by atoms with Gasteiger partial charge >= 0.3 is 6.16 Å². The van der Waals surface area contributed by atoms with E-state index in [2.05, 4.69) is 16.3 Å². The van der Waals surface area contributed by atoms with Crippen molar-refractivity contribution >= 4 is 12.1 Å². The van der Waals surface area contributed by atoms with Gasteiger partial charge in [-0.3, -0.25) is 0 Å². The summed E-state index contributed by atoms with van der Waals surface area (Å²) in [4.78, 5) is 13.3. The molecule has 0 rings (SSSR count). The standard InChI is InChI=1S/C5H9N3O3/c1-2-3(8-4(6)7)11-5(9)10/h2-3H,1H2,(H,9,10)(H4,6,7,8). The number of aliphatic imine (C=N–C) groups is 1. The topological polar surface area (TPSA) is 111 Å². The van der Waals surface area contributed by atoms with Crippen LogP contribution >= 0.6 is 0 Å². The third-order valence-electron chi connectivity index (χ3n) is 0.700. The molecule has 0 saturated heterocycles. The lowest BCUT2D eigenvalue weighted by Gasteiger charge is -2.05. The Morgan fingerprint density at radius 2 is 2.27 bits per heavy atom. The van der Waals surface area contributed by atoms with Gasteiger partial charge < -0.3 is 21.3 Å². The maximum Gasteiger partial charge on any atom is 0.508 e. The molecule has 0 radical (unpaired) electrons. The second-order valence-corrected chi connectivity index (χ2v) is 1.56. The Hall–Kier alpha value is -1.72. The summed E-state index contributed by atoms with van der Waals surface area (Å²) in [6.07, 6.45) is -1.33. The number of hydrogen-bond acceptors (Lipinski definition) is 3. The highest BCUT2D eigenvalue weighted by molar-refractivity contribution is 5.76. The average Bonchev–Trinajstić information content (AvgIpc) is 1.84. The largest absolute Gasteiger partial charge is 0.508 e. The summed E-state index contributed by atoms with van der Waals surface area (Å²) in [5.41, 5.74) is 9.90. The van der Waals surface area contributed by atoms with Gasteiger partial charge in [-0.05, 0) is 6.08 Å². The number of rotatable bonds is 3. The Bertz CT molecular complexity index is 185. The van der Waals surface area contributed by atoms with Gasteiger partial charge in [-0.2, -0.15) is 0 Å². The van der Waals surface area contributed by atoms with E-state index in [1.54, 1.807) is 0 Å². The van der Waals surface area contributed by atoms with Gasteiger partial charge in [0, 0.05) is 0 Å². The van der Waals surface area contributed by atoms with Gasteiger partial charge in [0.2, 0.25) is 6.23 Å². The minimum absolute atomic E-state index is 0.254. The molecule has 0 spiro atoms. The maximum atomic E-state index is 9.93. The van der Waals surface area contributed by atoms with Gasteiger partial charge in [-0.25, -0.2) is 9.79 Å². The van der Waals surface area contributed by atoms with Gasteiger partial charge in [-0.15, -0.1) is 0 Å². The van der Waals surface area contributed by atoms with Crippen LogP contribution in [0.4, 0.5) is 4.79 Å². The smallest absolute Gasteiger partial charge is 0.450 e. The Kier molecular flexibility index (Phi) is 3.50. The van der Waals surface area contributed by atoms with Crippen molar-refractivity contribution < 1.29 is 14.6 Å². The van der Waals surface area contributed by atoms with Crippen LogP contribution in [0.25, 0.3) is 0 Å². The van der Waals surface area contributed by atoms with E-state index in [1.165, 1.54) is 0 Å². The SMILES string of the molecule is C=CC(N=C(N)N)OC(=O)O. The van der Waals surface area contributed by atoms with E-state index in [0.717, 1.165) is 6.08 Å². The molecule has 6 heteroatoms. The first-order valence-corrected chi connectivity index (χ1v) is 2.67. The zero-order valence-corrected chi connectivity index (χ0v) is 5.73. The molecular formula is C5H9N3O3. The summed E-state index contributed by atoms with van der Waals surface area (Å²) in [7, 11) is 0. The first kappa shape index (κ1) is 9.28. The van der Waals surface area contributed by atoms with Crippen LogP contribution in [-0.4, -0.2) is 23.4 Å². The molecule has 1 atom stereocenters. The minimum atomic E-state index is -1.46. The molecule has 0 heterocycles. The van der Waals surface area contributed by atoms with E-state index >= 15 is 0 Å². The summed E-state index contributed by atoms with van der Waals surface area (Å²) in [5.74, 6) is -0.254. The van der Waals surface area contributed by atoms with E-state index in [0.29, 0.717) is 0 Å². The van der Waals surface area contributed by atoms with Crippen LogP contribution < -0.4 is 11.5 Å². The Labute approximate surface area is 63.2 Å². The monoisotopic (exact) mass is 159 g/mol. The van der Waals surface area contributed by atoms with Crippen LogP contribution in [0.15, 0.2) is 17.6 Å². The molecule has 6 nitrogen and oxygen atoms in total. The van der Waals surface area contributed by atoms with Crippen LogP contribution in [0.5, 0.6) is 0 Å². The first-order valence-electron chi connectivity index (χ1n) is 2.67. The van der Waals surface area contributed by atoms with Crippen molar-refractivity contribution in [1.82, 2.24) is 0 Å². The van der Waals surface area contributed by atoms with Crippen molar-refractivity contribution in [1.29, 1.82) is 0 Å². The Morgan fingerprint density at radius 3 is 2.55 bits per heavy atom. The lowest BCUT2D eigenvalue weighted by Crippen LogP contribution is -2.26. The molecule has 0 amide bonds. The molecule has 0 aliphatic carbocycles. The number of nitrogens with two attached hydrogens (primary N) is 2. The Balaban J connectivity index is 4.07. The quantitative estimate of drug-likeness (QED) is 0.222. The number of guanidine groups is 1. The van der Waals surface area contributed by atoms with Crippen molar-refractivity contribution in [2.24, 2.45) is 16.5 Å². The summed E-state index contributed by atoms with van der Waals surface area (Å²) in [6, 6.07) is 0. The molecule has 0 fully saturated rings. The maximum absolute atomic E-state index is 9.93. The van der Waals surface area contributed by atoms with Gasteiger partial charge in [0.15, 0.2) is 5.96 Å². The van der Waals surface area contributed by atoms with Crippen molar-refractivity contribution in [3.8, 4) is 0 Å². The predicted molar refractivity (Wildman–Crippen MR) is 38.9 cm³/mol. The zero-order chi connectivity index (χ0) is 8.85. The number of carbonyl (C=O) groups is 1. The van der Waals surface area contributed by atoms with Gasteiger partial charge in [0.25, 0.3) is 0 Å². The summed E-state index contributed by atoms with van der Waals surface area (Å²) in [6.45, 7) is 3.26. The fourth-order valence-electron chi connectivity index (χ4n) is 0.377. The van der Waals surface area contributed by atoms with E-state index in [4.69, 9.17) is 16.6 Å². The molecule has 0 aliphatic heterocycles. The number of nitrogens with zero attached hydrogens (tertiary/aromatic N) is 1. The van der Waals surface area contributed by atoms with Crippen LogP contribution in [0.2, 0.25) is 0 Å². The summed E-state index contributed by atoms with van der Waals surface area (Å²) < 4.78 is 4.16. The van der Waals surface area contributed by atoms with E-state index in [9.17, 15) is 4.79 Å². The normalized spacial score (nSPS) is 11.3. The lowest BCUT2D eigenvalue weighted by molar-refractivity contribution is 0.0723. The van der Waals surface area contributed by atoms with Crippen molar-refractivity contribution in [2.45, 2.75) is 6.23 Å². The number of hydrogen-bond donors (Lipinski definition) is 3. The second-order valence-electron chi connectivity index (χ2n) is 1.56. The lowest BCUT2D eigenvalue weighted by atomic mass is 10.6. The Morgan fingerprint density at radius 1 is 1.73 bits per heavy atom. The van der Waals surface area contributed by atoms with Crippen molar-refractivity contribution in [3.05, 3.63) is 12.7 Å². The fraction of sp³-hybridized carbons (Fsp3) is 0.200. The number of carboxylic acid groups (broad SMARTS) is 1. The fourth-order valence-corrected chi connectivity index (χ4v) is 0.377. The third-order valence-corrected chi connectivity index (χ3v) is 0.700. The van der Waals surface area contributed by atoms with Crippen LogP contribution in [0.3, 0.4) is 0 Å². The molecule has 11 heavy (non-hydrogen) atoms. The molecule has 0 saturated carbocycles. The van der Waals surface area contributed by atoms with Gasteiger partial charge in [0.05, 0.1) is 0 Å². The predicted octanol–water partition coefficient (Wildman–Crippen LogP) is -0.533. The number of ether oxygens (including phenoxy) is 1. The van der Waals surface area contributed by atoms with Gasteiger partial charge in [-0.1, -0.05) is 6.58 Å². The molecule has 5 N–H and O–H groups in total. The molecule has 0 aromatic carbocycles. The average molecular weight is 159 g/mol. The molecular weight excluding hydrogens is 150 g/mol. The van der Waals surface area contributed by atoms with E-state index in [-0.39, 0.29) is 5.96 Å². The van der Waals surface area contributed by atoms with Crippen LogP contribution in [-0.2, 0) is 4.74 Å². The van der Waals surface area contributed by atoms with Crippen molar-refractivity contribution in [3.63, 3.8) is 0 Å². The molecule has 62 valence electrons. The zero-order valence-electron chi connectivity index (χ0n) is 5.73. The highest BCUT2D eigenvalue weighted by Crippen LogP contribution is 1.94. The highest BCUT2D eigenvalue weighted by atomic mass is 16.7. The molecule has 0 aromatic heterocycles. The van der Waals surface area contributed by atoms with Gasteiger partial charge in [0.1, 0.15) is 0 Å². The summed E-state index contributed by atoms with van der Waals surface area (Å²) in [5, 5.41) is 8.11. The summed E-state index contributed by atoms with van der Waals surface area (Å²) >= 11 is 0. The van der Waals surface area contributed by atoms with Crippen molar-refractivity contribution in [2.75, 3.05) is 0 Å². The highest BCUT2D eigenvalue weighted by Gasteiger charge is 2.06. The third kappa shape index (κ3) is 4.76. The van der Waals surface area contributed by atoms with E-state index < -0.39 is 12.4 Å². The van der Waals surface area contributed by atoms with E-state index in [1.807, 2.05) is 0 Å². The molecule has 0 aromatic rings. The minimum Gasteiger partial charge on any atom is -0.450 e. The molecule has 0 bridgehead atoms. The second kappa shape index (κ2) is 4.15.